The topological polar surface area (TPSA) is 49.3 Å². The minimum Gasteiger partial charge on any atom is -0.507 e. The number of carbonyl (C=O) groups excluding carboxylic acids is 1. The molecule has 4 heteroatoms. The molecule has 0 radical (unpaired) electrons. The molecule has 0 fully saturated rings. The van der Waals surface area contributed by atoms with E-state index >= 15 is 0 Å². The fourth-order valence-corrected chi connectivity index (χ4v) is 1.23. The van der Waals surface area contributed by atoms with Gasteiger partial charge in [-0.05, 0) is 18.2 Å². The van der Waals surface area contributed by atoms with Crippen molar-refractivity contribution in [3.8, 4) is 5.75 Å². The SMILES string of the molecule is CC(=O)NCC=Cc1cc(Cl)ccc1O. The van der Waals surface area contributed by atoms with Crippen LogP contribution in [0.25, 0.3) is 6.08 Å². The number of aromatic hydroxyl groups is 1. The zero-order valence-corrected chi connectivity index (χ0v) is 9.08. The van der Waals surface area contributed by atoms with Gasteiger partial charge in [-0.25, -0.2) is 0 Å². The van der Waals surface area contributed by atoms with E-state index in [1.807, 2.05) is 0 Å². The van der Waals surface area contributed by atoms with E-state index < -0.39 is 0 Å². The predicted molar refractivity (Wildman–Crippen MR) is 60.8 cm³/mol. The Bertz CT molecular complexity index is 388. The number of phenolic OH excluding ortho intramolecular Hbond substituents is 1. The molecule has 2 N–H and O–H groups in total. The van der Waals surface area contributed by atoms with E-state index in [2.05, 4.69) is 5.32 Å². The lowest BCUT2D eigenvalue weighted by Crippen LogP contribution is -2.19. The molecule has 1 aromatic rings. The zero-order chi connectivity index (χ0) is 11.3. The van der Waals surface area contributed by atoms with Crippen molar-refractivity contribution in [3.63, 3.8) is 0 Å². The van der Waals surface area contributed by atoms with Crippen LogP contribution in [0.15, 0.2) is 24.3 Å². The van der Waals surface area contributed by atoms with Gasteiger partial charge in [-0.2, -0.15) is 0 Å². The van der Waals surface area contributed by atoms with E-state index in [0.29, 0.717) is 17.1 Å². The highest BCUT2D eigenvalue weighted by atomic mass is 35.5. The molecule has 0 saturated heterocycles. The number of phenols is 1. The average Bonchev–Trinajstić information content (AvgIpc) is 2.17. The molecule has 0 atom stereocenters. The first-order valence-corrected chi connectivity index (χ1v) is 4.87. The third-order valence-electron chi connectivity index (χ3n) is 1.76. The minimum absolute atomic E-state index is 0.0880. The van der Waals surface area contributed by atoms with Crippen molar-refractivity contribution in [2.75, 3.05) is 6.54 Å². The summed E-state index contributed by atoms with van der Waals surface area (Å²) < 4.78 is 0. The summed E-state index contributed by atoms with van der Waals surface area (Å²) in [7, 11) is 0. The van der Waals surface area contributed by atoms with Crippen molar-refractivity contribution in [3.05, 3.63) is 34.9 Å². The smallest absolute Gasteiger partial charge is 0.217 e. The van der Waals surface area contributed by atoms with Crippen molar-refractivity contribution in [1.29, 1.82) is 0 Å². The summed E-state index contributed by atoms with van der Waals surface area (Å²) in [6.45, 7) is 1.88. The van der Waals surface area contributed by atoms with E-state index in [9.17, 15) is 9.90 Å². The first kappa shape index (κ1) is 11.6. The molecule has 15 heavy (non-hydrogen) atoms. The molecule has 0 saturated carbocycles. The van der Waals surface area contributed by atoms with E-state index in [4.69, 9.17) is 11.6 Å². The van der Waals surface area contributed by atoms with Crippen LogP contribution in [0.5, 0.6) is 5.75 Å². The molecule has 80 valence electrons. The lowest BCUT2D eigenvalue weighted by molar-refractivity contribution is -0.118. The second-order valence-electron chi connectivity index (χ2n) is 3.04. The van der Waals surface area contributed by atoms with Gasteiger partial charge < -0.3 is 10.4 Å². The van der Waals surface area contributed by atoms with Crippen LogP contribution in [0.4, 0.5) is 0 Å². The molecular formula is C11H12ClNO2. The van der Waals surface area contributed by atoms with Crippen LogP contribution in [-0.2, 0) is 4.79 Å². The molecule has 0 aliphatic heterocycles. The lowest BCUT2D eigenvalue weighted by Gasteiger charge is -1.99. The Morgan fingerprint density at radius 3 is 3.00 bits per heavy atom. The normalized spacial score (nSPS) is 10.5. The van der Waals surface area contributed by atoms with Gasteiger partial charge in [-0.15, -0.1) is 0 Å². The Labute approximate surface area is 93.4 Å². The van der Waals surface area contributed by atoms with Crippen LogP contribution in [0.1, 0.15) is 12.5 Å². The first-order valence-electron chi connectivity index (χ1n) is 4.49. The number of benzene rings is 1. The number of carbonyl (C=O) groups is 1. The van der Waals surface area contributed by atoms with Gasteiger partial charge in [0.05, 0.1) is 0 Å². The summed E-state index contributed by atoms with van der Waals surface area (Å²) in [5, 5.41) is 12.6. The van der Waals surface area contributed by atoms with Crippen LogP contribution in [0.3, 0.4) is 0 Å². The van der Waals surface area contributed by atoms with Crippen LogP contribution < -0.4 is 5.32 Å². The number of rotatable bonds is 3. The molecule has 0 unspecified atom stereocenters. The molecule has 0 spiro atoms. The molecule has 1 rings (SSSR count). The third kappa shape index (κ3) is 4.04. The van der Waals surface area contributed by atoms with Gasteiger partial charge in [0, 0.05) is 24.1 Å². The number of nitrogens with one attached hydrogen (secondary N) is 1. The Morgan fingerprint density at radius 2 is 2.33 bits per heavy atom. The number of halogens is 1. The third-order valence-corrected chi connectivity index (χ3v) is 1.99. The van der Waals surface area contributed by atoms with Crippen LogP contribution in [-0.4, -0.2) is 17.6 Å². The zero-order valence-electron chi connectivity index (χ0n) is 8.33. The molecule has 0 aromatic heterocycles. The highest BCUT2D eigenvalue weighted by Crippen LogP contribution is 2.22. The molecule has 3 nitrogen and oxygen atoms in total. The quantitative estimate of drug-likeness (QED) is 0.829. The number of hydrogen-bond donors (Lipinski definition) is 2. The van der Waals surface area contributed by atoms with Crippen LogP contribution in [0, 0.1) is 0 Å². The summed E-state index contributed by atoms with van der Waals surface area (Å²) in [6, 6.07) is 4.80. The van der Waals surface area contributed by atoms with Gasteiger partial charge in [0.15, 0.2) is 0 Å². The molecule has 1 aromatic carbocycles. The number of hydrogen-bond acceptors (Lipinski definition) is 2. The molecule has 0 aliphatic carbocycles. The first-order chi connectivity index (χ1) is 7.09. The monoisotopic (exact) mass is 225 g/mol. The molecule has 0 heterocycles. The van der Waals surface area contributed by atoms with E-state index in [1.54, 1.807) is 24.3 Å². The highest BCUT2D eigenvalue weighted by molar-refractivity contribution is 6.30. The highest BCUT2D eigenvalue weighted by Gasteiger charge is 1.97. The fourth-order valence-electron chi connectivity index (χ4n) is 1.05. The Kier molecular flexibility index (Phi) is 4.18. The number of amides is 1. The summed E-state index contributed by atoms with van der Waals surface area (Å²) in [5.41, 5.74) is 0.632. The van der Waals surface area contributed by atoms with Gasteiger partial charge in [0.2, 0.25) is 5.91 Å². The van der Waals surface area contributed by atoms with Crippen LogP contribution >= 0.6 is 11.6 Å². The van der Waals surface area contributed by atoms with Gasteiger partial charge in [-0.3, -0.25) is 4.79 Å². The Morgan fingerprint density at radius 1 is 1.60 bits per heavy atom. The van der Waals surface area contributed by atoms with Gasteiger partial charge in [0.1, 0.15) is 5.75 Å². The maximum atomic E-state index is 10.6. The van der Waals surface area contributed by atoms with Gasteiger partial charge >= 0.3 is 0 Å². The van der Waals surface area contributed by atoms with E-state index in [-0.39, 0.29) is 11.7 Å². The second kappa shape index (κ2) is 5.41. The molecule has 1 amide bonds. The van der Waals surface area contributed by atoms with E-state index in [1.165, 1.54) is 13.0 Å². The van der Waals surface area contributed by atoms with Gasteiger partial charge in [-0.1, -0.05) is 23.8 Å². The lowest BCUT2D eigenvalue weighted by atomic mass is 10.2. The fraction of sp³-hybridized carbons (Fsp3) is 0.182. The summed E-state index contributed by atoms with van der Waals surface area (Å²) in [6.07, 6.45) is 3.45. The Balaban J connectivity index is 2.63. The Hall–Kier alpha value is -1.48. The molecule has 0 aliphatic rings. The van der Waals surface area contributed by atoms with Crippen molar-refractivity contribution < 1.29 is 9.90 Å². The van der Waals surface area contributed by atoms with Crippen molar-refractivity contribution in [2.24, 2.45) is 0 Å². The summed E-state index contributed by atoms with van der Waals surface area (Å²) >= 11 is 5.77. The van der Waals surface area contributed by atoms with Crippen molar-refractivity contribution in [1.82, 2.24) is 5.32 Å². The predicted octanol–water partition coefficient (Wildman–Crippen LogP) is 2.19. The van der Waals surface area contributed by atoms with Crippen molar-refractivity contribution >= 4 is 23.6 Å². The minimum atomic E-state index is -0.0880. The maximum absolute atomic E-state index is 10.6. The maximum Gasteiger partial charge on any atom is 0.217 e. The summed E-state index contributed by atoms with van der Waals surface area (Å²) in [4.78, 5) is 10.6. The van der Waals surface area contributed by atoms with Crippen molar-refractivity contribution in [2.45, 2.75) is 6.92 Å². The average molecular weight is 226 g/mol. The largest absolute Gasteiger partial charge is 0.507 e. The second-order valence-corrected chi connectivity index (χ2v) is 3.48. The molecular weight excluding hydrogens is 214 g/mol. The molecule has 0 bridgehead atoms. The van der Waals surface area contributed by atoms with Crippen LogP contribution in [0.2, 0.25) is 5.02 Å². The van der Waals surface area contributed by atoms with E-state index in [0.717, 1.165) is 0 Å². The summed E-state index contributed by atoms with van der Waals surface area (Å²) in [5.74, 6) is 0.0773. The van der Waals surface area contributed by atoms with Gasteiger partial charge in [0.25, 0.3) is 0 Å². The standard InChI is InChI=1S/C11H12ClNO2/c1-8(14)13-6-2-3-9-7-10(12)4-5-11(9)15/h2-5,7,15H,6H2,1H3,(H,13,14).